The van der Waals surface area contributed by atoms with Crippen molar-refractivity contribution in [3.05, 3.63) is 23.8 Å². The number of anilines is 2. The summed E-state index contributed by atoms with van der Waals surface area (Å²) in [5.74, 6) is 0. The van der Waals surface area contributed by atoms with Gasteiger partial charge in [-0.2, -0.15) is 13.2 Å². The highest BCUT2D eigenvalue weighted by atomic mass is 19.4. The number of nitrogens with zero attached hydrogens (tertiary/aromatic N) is 1. The van der Waals surface area contributed by atoms with Crippen LogP contribution < -0.4 is 11.1 Å². The second-order valence-corrected chi connectivity index (χ2v) is 4.66. The molecule has 20 heavy (non-hydrogen) atoms. The van der Waals surface area contributed by atoms with E-state index in [9.17, 15) is 13.2 Å². The Morgan fingerprint density at radius 1 is 1.20 bits per heavy atom. The molecule has 0 saturated heterocycles. The number of benzene rings is 1. The summed E-state index contributed by atoms with van der Waals surface area (Å²) in [5, 5.41) is 2.85. The van der Waals surface area contributed by atoms with E-state index in [4.69, 9.17) is 5.73 Å². The fourth-order valence-electron chi connectivity index (χ4n) is 2.04. The molecule has 0 fully saturated rings. The lowest BCUT2D eigenvalue weighted by Crippen LogP contribution is -2.30. The van der Waals surface area contributed by atoms with E-state index in [1.165, 1.54) is 12.1 Å². The number of hydrogen-bond acceptors (Lipinski definition) is 3. The number of nitrogens with one attached hydrogen (secondary N) is 1. The molecule has 6 heteroatoms. The minimum Gasteiger partial charge on any atom is -0.399 e. The van der Waals surface area contributed by atoms with Crippen molar-refractivity contribution in [3.8, 4) is 0 Å². The zero-order valence-electron chi connectivity index (χ0n) is 11.9. The Morgan fingerprint density at radius 3 is 2.45 bits per heavy atom. The molecule has 1 aromatic rings. The Morgan fingerprint density at radius 2 is 1.90 bits per heavy atom. The molecule has 0 aliphatic rings. The van der Waals surface area contributed by atoms with Gasteiger partial charge in [0.05, 0.1) is 5.56 Å². The monoisotopic (exact) mass is 289 g/mol. The number of nitrogens with two attached hydrogens (primary N) is 1. The van der Waals surface area contributed by atoms with Gasteiger partial charge in [-0.3, -0.25) is 0 Å². The van der Waals surface area contributed by atoms with Crippen LogP contribution in [0.4, 0.5) is 24.5 Å². The SMILES string of the molecule is CCCN(CC)CCNc1ccc(N)cc1C(F)(F)F. The second-order valence-electron chi connectivity index (χ2n) is 4.66. The molecule has 1 rings (SSSR count). The summed E-state index contributed by atoms with van der Waals surface area (Å²) in [4.78, 5) is 2.19. The van der Waals surface area contributed by atoms with Gasteiger partial charge in [0.2, 0.25) is 0 Å². The molecule has 0 radical (unpaired) electrons. The molecule has 3 nitrogen and oxygen atoms in total. The summed E-state index contributed by atoms with van der Waals surface area (Å²) in [6.45, 7) is 7.15. The van der Waals surface area contributed by atoms with Gasteiger partial charge in [0, 0.05) is 24.5 Å². The van der Waals surface area contributed by atoms with Crippen LogP contribution in [0.2, 0.25) is 0 Å². The largest absolute Gasteiger partial charge is 0.418 e. The maximum Gasteiger partial charge on any atom is 0.418 e. The van der Waals surface area contributed by atoms with Crippen LogP contribution in [0.3, 0.4) is 0 Å². The van der Waals surface area contributed by atoms with E-state index in [0.717, 1.165) is 25.6 Å². The molecule has 0 aliphatic heterocycles. The van der Waals surface area contributed by atoms with E-state index in [0.29, 0.717) is 13.1 Å². The first-order chi connectivity index (χ1) is 9.38. The molecule has 114 valence electrons. The fourth-order valence-corrected chi connectivity index (χ4v) is 2.04. The van der Waals surface area contributed by atoms with Crippen molar-refractivity contribution in [2.24, 2.45) is 0 Å². The summed E-state index contributed by atoms with van der Waals surface area (Å²) < 4.78 is 38.7. The third-order valence-electron chi connectivity index (χ3n) is 3.08. The Balaban J connectivity index is 2.68. The van der Waals surface area contributed by atoms with Crippen LogP contribution in [-0.4, -0.2) is 31.1 Å². The van der Waals surface area contributed by atoms with Gasteiger partial charge in [-0.1, -0.05) is 13.8 Å². The smallest absolute Gasteiger partial charge is 0.399 e. The van der Waals surface area contributed by atoms with Crippen molar-refractivity contribution >= 4 is 11.4 Å². The zero-order chi connectivity index (χ0) is 15.2. The predicted molar refractivity (Wildman–Crippen MR) is 76.8 cm³/mol. The average Bonchev–Trinajstić information content (AvgIpc) is 2.38. The van der Waals surface area contributed by atoms with Gasteiger partial charge < -0.3 is 16.0 Å². The molecule has 0 unspecified atom stereocenters. The molecule has 0 heterocycles. The van der Waals surface area contributed by atoms with Gasteiger partial charge in [-0.25, -0.2) is 0 Å². The molecule has 0 aliphatic carbocycles. The normalized spacial score (nSPS) is 11.9. The highest BCUT2D eigenvalue weighted by Crippen LogP contribution is 2.35. The highest BCUT2D eigenvalue weighted by molar-refractivity contribution is 5.59. The molecule has 0 aromatic heterocycles. The van der Waals surface area contributed by atoms with Gasteiger partial charge in [0.25, 0.3) is 0 Å². The van der Waals surface area contributed by atoms with Crippen molar-refractivity contribution in [3.63, 3.8) is 0 Å². The Bertz CT molecular complexity index is 419. The number of likely N-dealkylation sites (N-methyl/N-ethyl adjacent to an activating group) is 1. The van der Waals surface area contributed by atoms with Crippen molar-refractivity contribution < 1.29 is 13.2 Å². The minimum atomic E-state index is -4.40. The molecule has 1 aromatic carbocycles. The summed E-state index contributed by atoms with van der Waals surface area (Å²) in [6, 6.07) is 3.82. The fraction of sp³-hybridized carbons (Fsp3) is 0.571. The number of halogens is 3. The van der Waals surface area contributed by atoms with Crippen molar-refractivity contribution in [2.45, 2.75) is 26.4 Å². The van der Waals surface area contributed by atoms with Gasteiger partial charge >= 0.3 is 6.18 Å². The Labute approximate surface area is 117 Å². The van der Waals surface area contributed by atoms with Crippen molar-refractivity contribution in [1.82, 2.24) is 4.90 Å². The number of rotatable bonds is 7. The van der Waals surface area contributed by atoms with E-state index < -0.39 is 11.7 Å². The molecule has 0 bridgehead atoms. The Hall–Kier alpha value is -1.43. The maximum atomic E-state index is 12.9. The van der Waals surface area contributed by atoms with Crippen molar-refractivity contribution in [2.75, 3.05) is 37.2 Å². The summed E-state index contributed by atoms with van der Waals surface area (Å²) in [5.41, 5.74) is 4.91. The van der Waals surface area contributed by atoms with Crippen LogP contribution in [0.15, 0.2) is 18.2 Å². The average molecular weight is 289 g/mol. The third kappa shape index (κ3) is 4.92. The molecule has 0 saturated carbocycles. The lowest BCUT2D eigenvalue weighted by Gasteiger charge is -2.21. The van der Waals surface area contributed by atoms with Gasteiger partial charge in [-0.15, -0.1) is 0 Å². The van der Waals surface area contributed by atoms with Crippen LogP contribution in [0.5, 0.6) is 0 Å². The molecule has 3 N–H and O–H groups in total. The van der Waals surface area contributed by atoms with E-state index in [1.807, 2.05) is 6.92 Å². The minimum absolute atomic E-state index is 0.0826. The molecule has 0 amide bonds. The van der Waals surface area contributed by atoms with Crippen molar-refractivity contribution in [1.29, 1.82) is 0 Å². The summed E-state index contributed by atoms with van der Waals surface area (Å²) >= 11 is 0. The van der Waals surface area contributed by atoms with Crippen LogP contribution >= 0.6 is 0 Å². The number of nitrogen functional groups attached to an aromatic ring is 1. The quantitative estimate of drug-likeness (QED) is 0.756. The molecular formula is C14H22F3N3. The van der Waals surface area contributed by atoms with E-state index in [-0.39, 0.29) is 11.4 Å². The standard InChI is InChI=1S/C14H22F3N3/c1-3-8-20(4-2)9-7-19-13-6-5-11(18)10-12(13)14(15,16)17/h5-6,10,19H,3-4,7-9,18H2,1-2H3. The first-order valence-electron chi connectivity index (χ1n) is 6.81. The van der Waals surface area contributed by atoms with Crippen LogP contribution in [0.25, 0.3) is 0 Å². The van der Waals surface area contributed by atoms with Gasteiger partial charge in [-0.05, 0) is 37.7 Å². The predicted octanol–water partition coefficient (Wildman–Crippen LogP) is 3.43. The highest BCUT2D eigenvalue weighted by Gasteiger charge is 2.33. The summed E-state index contributed by atoms with van der Waals surface area (Å²) in [7, 11) is 0. The lowest BCUT2D eigenvalue weighted by atomic mass is 10.1. The Kier molecular flexibility index (Phi) is 6.13. The third-order valence-corrected chi connectivity index (χ3v) is 3.08. The van der Waals surface area contributed by atoms with Crippen LogP contribution in [0, 0.1) is 0 Å². The molecule has 0 atom stereocenters. The summed E-state index contributed by atoms with van der Waals surface area (Å²) in [6.07, 6.45) is -3.37. The second kappa shape index (κ2) is 7.38. The number of hydrogen-bond donors (Lipinski definition) is 2. The first kappa shape index (κ1) is 16.6. The first-order valence-corrected chi connectivity index (χ1v) is 6.81. The van der Waals surface area contributed by atoms with Crippen LogP contribution in [0.1, 0.15) is 25.8 Å². The zero-order valence-corrected chi connectivity index (χ0v) is 11.9. The number of alkyl halides is 3. The topological polar surface area (TPSA) is 41.3 Å². The lowest BCUT2D eigenvalue weighted by molar-refractivity contribution is -0.136. The molecule has 0 spiro atoms. The van der Waals surface area contributed by atoms with E-state index in [1.54, 1.807) is 0 Å². The van der Waals surface area contributed by atoms with E-state index >= 15 is 0 Å². The van der Waals surface area contributed by atoms with E-state index in [2.05, 4.69) is 17.1 Å². The van der Waals surface area contributed by atoms with Gasteiger partial charge in [0.1, 0.15) is 0 Å². The molecular weight excluding hydrogens is 267 g/mol. The van der Waals surface area contributed by atoms with Gasteiger partial charge in [0.15, 0.2) is 0 Å². The van der Waals surface area contributed by atoms with Crippen LogP contribution in [-0.2, 0) is 6.18 Å². The maximum absolute atomic E-state index is 12.9.